The fraction of sp³-hybridized carbons (Fsp3) is 0.667. The van der Waals surface area contributed by atoms with Gasteiger partial charge in [-0.1, -0.05) is 38.3 Å². The molecule has 0 aromatic heterocycles. The Kier molecular flexibility index (Phi) is 8.75. The van der Waals surface area contributed by atoms with E-state index in [-0.39, 0.29) is 12.2 Å². The average molecular weight is 364 g/mol. The first-order chi connectivity index (χ1) is 12.6. The fourth-order valence-corrected chi connectivity index (χ4v) is 3.59. The van der Waals surface area contributed by atoms with E-state index in [1.807, 2.05) is 24.3 Å². The van der Waals surface area contributed by atoms with Crippen LogP contribution in [0.2, 0.25) is 0 Å². The third-order valence-electron chi connectivity index (χ3n) is 4.90. The zero-order valence-electron chi connectivity index (χ0n) is 16.6. The number of para-hydroxylation sites is 2. The van der Waals surface area contributed by atoms with E-state index in [0.29, 0.717) is 24.0 Å². The van der Waals surface area contributed by atoms with Crippen molar-refractivity contribution in [2.75, 3.05) is 32.6 Å². The number of carbonyl (C=O) groups excluding carboxylic acids is 1. The number of nitrogens with one attached hydrogen (secondary N) is 2. The highest BCUT2D eigenvalue weighted by Crippen LogP contribution is 2.28. The molecule has 2 rings (SSSR count). The van der Waals surface area contributed by atoms with Crippen LogP contribution >= 0.6 is 0 Å². The molecule has 1 aliphatic rings. The molecule has 1 amide bonds. The number of hydrogen-bond acceptors (Lipinski definition) is 3. The molecule has 1 aromatic rings. The summed E-state index contributed by atoms with van der Waals surface area (Å²) in [6.07, 6.45) is 7.42. The molecule has 1 saturated carbocycles. The Morgan fingerprint density at radius 1 is 1.19 bits per heavy atom. The molecule has 0 saturated heterocycles. The molecule has 0 bridgehead atoms. The van der Waals surface area contributed by atoms with E-state index in [1.165, 1.54) is 11.3 Å². The molecule has 0 radical (unpaired) electrons. The predicted octanol–water partition coefficient (Wildman–Crippen LogP) is 3.51. The number of quaternary nitrogens is 1. The highest BCUT2D eigenvalue weighted by molar-refractivity contribution is 5.86. The molecule has 1 fully saturated rings. The van der Waals surface area contributed by atoms with Gasteiger partial charge in [-0.15, -0.1) is 0 Å². The van der Waals surface area contributed by atoms with Crippen molar-refractivity contribution in [1.82, 2.24) is 0 Å². The van der Waals surface area contributed by atoms with Crippen molar-refractivity contribution in [3.05, 3.63) is 24.3 Å². The van der Waals surface area contributed by atoms with Gasteiger partial charge in [0.25, 0.3) is 0 Å². The number of unbranched alkanes of at least 4 members (excludes halogenated alkanes) is 2. The summed E-state index contributed by atoms with van der Waals surface area (Å²) in [6, 6.07) is 7.56. The average Bonchev–Trinajstić information content (AvgIpc) is 2.61. The lowest BCUT2D eigenvalue weighted by Gasteiger charge is -2.31. The molecule has 1 aromatic carbocycles. The lowest BCUT2D eigenvalue weighted by atomic mass is 9.86. The lowest BCUT2D eigenvalue weighted by Crippen LogP contribution is -3.06. The van der Waals surface area contributed by atoms with Crippen LogP contribution in [0.4, 0.5) is 10.5 Å². The first kappa shape index (κ1) is 20.6. The fourth-order valence-electron chi connectivity index (χ4n) is 3.59. The van der Waals surface area contributed by atoms with Gasteiger partial charge in [0.05, 0.1) is 32.9 Å². The quantitative estimate of drug-likeness (QED) is 0.660. The van der Waals surface area contributed by atoms with Crippen molar-refractivity contribution >= 4 is 11.8 Å². The summed E-state index contributed by atoms with van der Waals surface area (Å²) in [5.74, 6) is 1.15. The van der Waals surface area contributed by atoms with Crippen LogP contribution in [-0.2, 0) is 4.74 Å². The van der Waals surface area contributed by atoms with E-state index in [9.17, 15) is 4.79 Å². The van der Waals surface area contributed by atoms with E-state index in [4.69, 9.17) is 9.47 Å². The molecule has 2 N–H and O–H groups in total. The number of carbonyl (C=O) groups is 1. The van der Waals surface area contributed by atoms with Crippen LogP contribution in [-0.4, -0.2) is 39.4 Å². The second-order valence-corrected chi connectivity index (χ2v) is 7.58. The molecule has 0 unspecified atom stereocenters. The van der Waals surface area contributed by atoms with E-state index in [1.54, 1.807) is 0 Å². The highest BCUT2D eigenvalue weighted by Gasteiger charge is 2.30. The van der Waals surface area contributed by atoms with Crippen molar-refractivity contribution < 1.29 is 19.2 Å². The molecular formula is C21H35N2O3+. The Labute approximate surface area is 158 Å². The Morgan fingerprint density at radius 3 is 2.73 bits per heavy atom. The molecule has 146 valence electrons. The van der Waals surface area contributed by atoms with Crippen LogP contribution in [0.25, 0.3) is 0 Å². The first-order valence-electron chi connectivity index (χ1n) is 10.1. The van der Waals surface area contributed by atoms with E-state index in [0.717, 1.165) is 45.1 Å². The number of ether oxygens (including phenoxy) is 2. The Morgan fingerprint density at radius 2 is 1.96 bits per heavy atom. The third-order valence-corrected chi connectivity index (χ3v) is 4.90. The number of anilines is 1. The van der Waals surface area contributed by atoms with Gasteiger partial charge in [0, 0.05) is 5.92 Å². The van der Waals surface area contributed by atoms with Crippen molar-refractivity contribution in [3.63, 3.8) is 0 Å². The molecule has 5 nitrogen and oxygen atoms in total. The van der Waals surface area contributed by atoms with Crippen LogP contribution in [0, 0.1) is 5.92 Å². The van der Waals surface area contributed by atoms with Crippen molar-refractivity contribution in [2.24, 2.45) is 5.92 Å². The highest BCUT2D eigenvalue weighted by atomic mass is 16.6. The van der Waals surface area contributed by atoms with E-state index in [2.05, 4.69) is 26.3 Å². The summed E-state index contributed by atoms with van der Waals surface area (Å²) in [4.78, 5) is 13.8. The normalized spacial score (nSPS) is 20.0. The van der Waals surface area contributed by atoms with Gasteiger partial charge in [0.2, 0.25) is 0 Å². The van der Waals surface area contributed by atoms with Gasteiger partial charge in [-0.3, -0.25) is 5.32 Å². The molecule has 5 heteroatoms. The number of amides is 1. The Bertz CT molecular complexity index is 548. The van der Waals surface area contributed by atoms with Crippen molar-refractivity contribution in [1.29, 1.82) is 0 Å². The third kappa shape index (κ3) is 6.87. The van der Waals surface area contributed by atoms with Gasteiger partial charge >= 0.3 is 6.09 Å². The zero-order valence-corrected chi connectivity index (χ0v) is 16.6. The first-order valence-corrected chi connectivity index (χ1v) is 10.1. The standard InChI is InChI=1S/C21H34N2O3/c1-4-5-10-15-25-20-14-9-7-12-18(20)22-21(24)26-19-13-8-6-11-17(19)16-23(2)3/h7,9,12,14,17,19H,4-6,8,10-11,13,15-16H2,1-3H3,(H,22,24)/p+1/t17-,19-/m1/s1. The van der Waals surface area contributed by atoms with Crippen LogP contribution in [0.15, 0.2) is 24.3 Å². The topological polar surface area (TPSA) is 52.0 Å². The maximum atomic E-state index is 12.4. The second-order valence-electron chi connectivity index (χ2n) is 7.58. The monoisotopic (exact) mass is 363 g/mol. The molecule has 0 heterocycles. The molecule has 26 heavy (non-hydrogen) atoms. The summed E-state index contributed by atoms with van der Waals surface area (Å²) in [5, 5.41) is 2.88. The Balaban J connectivity index is 1.90. The van der Waals surface area contributed by atoms with E-state index < -0.39 is 0 Å². The maximum absolute atomic E-state index is 12.4. The number of rotatable bonds is 9. The van der Waals surface area contributed by atoms with Gasteiger partial charge in [0.1, 0.15) is 11.9 Å². The molecule has 0 aliphatic heterocycles. The van der Waals surface area contributed by atoms with Crippen LogP contribution in [0.5, 0.6) is 5.75 Å². The van der Waals surface area contributed by atoms with Gasteiger partial charge < -0.3 is 14.4 Å². The summed E-state index contributed by atoms with van der Waals surface area (Å²) in [5.41, 5.74) is 0.680. The van der Waals surface area contributed by atoms with Crippen LogP contribution < -0.4 is 15.0 Å². The van der Waals surface area contributed by atoms with Crippen LogP contribution in [0.3, 0.4) is 0 Å². The van der Waals surface area contributed by atoms with Gasteiger partial charge in [-0.05, 0) is 37.8 Å². The maximum Gasteiger partial charge on any atom is 0.412 e. The minimum absolute atomic E-state index is 0.0104. The minimum atomic E-state index is -0.375. The van der Waals surface area contributed by atoms with Crippen molar-refractivity contribution in [2.45, 2.75) is 58.0 Å². The van der Waals surface area contributed by atoms with Gasteiger partial charge in [-0.2, -0.15) is 0 Å². The largest absolute Gasteiger partial charge is 0.491 e. The van der Waals surface area contributed by atoms with Gasteiger partial charge in [0.15, 0.2) is 0 Å². The Hall–Kier alpha value is -1.75. The minimum Gasteiger partial charge on any atom is -0.491 e. The molecule has 1 aliphatic carbocycles. The van der Waals surface area contributed by atoms with Crippen molar-refractivity contribution in [3.8, 4) is 5.75 Å². The number of hydrogen-bond donors (Lipinski definition) is 2. The summed E-state index contributed by atoms with van der Waals surface area (Å²) in [6.45, 7) is 3.87. The SMILES string of the molecule is CCCCCOc1ccccc1NC(=O)O[C@@H]1CCCC[C@@H]1C[NH+](C)C. The van der Waals surface area contributed by atoms with Crippen LogP contribution in [0.1, 0.15) is 51.9 Å². The molecule has 2 atom stereocenters. The zero-order chi connectivity index (χ0) is 18.8. The molecule has 0 spiro atoms. The van der Waals surface area contributed by atoms with E-state index >= 15 is 0 Å². The summed E-state index contributed by atoms with van der Waals surface area (Å²) >= 11 is 0. The lowest BCUT2D eigenvalue weighted by molar-refractivity contribution is -0.862. The molecular weight excluding hydrogens is 328 g/mol. The number of benzene rings is 1. The summed E-state index contributed by atoms with van der Waals surface area (Å²) in [7, 11) is 4.30. The summed E-state index contributed by atoms with van der Waals surface area (Å²) < 4.78 is 11.6. The predicted molar refractivity (Wildman–Crippen MR) is 105 cm³/mol. The second kappa shape index (κ2) is 11.1. The van der Waals surface area contributed by atoms with Gasteiger partial charge in [-0.25, -0.2) is 4.79 Å². The smallest absolute Gasteiger partial charge is 0.412 e.